The Labute approximate surface area is 168 Å². The molecule has 1 N–H and O–H groups in total. The number of carbonyl (C=O) groups is 1. The maximum atomic E-state index is 12.9. The molecule has 6 nitrogen and oxygen atoms in total. The van der Waals surface area contributed by atoms with Gasteiger partial charge in [0.25, 0.3) is 5.56 Å². The first-order valence-corrected chi connectivity index (χ1v) is 9.94. The van der Waals surface area contributed by atoms with Crippen LogP contribution in [0.4, 0.5) is 10.5 Å². The third-order valence-electron chi connectivity index (χ3n) is 5.87. The number of likely N-dealkylation sites (tertiary alicyclic amines) is 1. The average Bonchev–Trinajstić information content (AvgIpc) is 2.75. The van der Waals surface area contributed by atoms with Gasteiger partial charge in [-0.15, -0.1) is 0 Å². The van der Waals surface area contributed by atoms with E-state index < -0.39 is 0 Å². The highest BCUT2D eigenvalue weighted by molar-refractivity contribution is 5.89. The molecular formula is C23H22N4O2. The fourth-order valence-electron chi connectivity index (χ4n) is 4.67. The van der Waals surface area contributed by atoms with E-state index in [1.807, 2.05) is 64.2 Å². The Balaban J connectivity index is 1.47. The molecule has 3 aromatic rings. The zero-order valence-corrected chi connectivity index (χ0v) is 16.0. The summed E-state index contributed by atoms with van der Waals surface area (Å²) in [6.07, 6.45) is 4.57. The Morgan fingerprint density at radius 1 is 1.00 bits per heavy atom. The van der Waals surface area contributed by atoms with Gasteiger partial charge in [-0.2, -0.15) is 0 Å². The second-order valence-corrected chi connectivity index (χ2v) is 7.82. The van der Waals surface area contributed by atoms with Crippen LogP contribution in [-0.2, 0) is 6.54 Å². The van der Waals surface area contributed by atoms with Crippen LogP contribution in [-0.4, -0.2) is 33.6 Å². The lowest BCUT2D eigenvalue weighted by Gasteiger charge is -2.43. The molecule has 2 atom stereocenters. The van der Waals surface area contributed by atoms with Crippen molar-refractivity contribution in [3.05, 3.63) is 83.0 Å². The zero-order chi connectivity index (χ0) is 19.8. The van der Waals surface area contributed by atoms with Crippen LogP contribution in [0.15, 0.2) is 71.8 Å². The second-order valence-electron chi connectivity index (χ2n) is 7.82. The summed E-state index contributed by atoms with van der Waals surface area (Å²) in [6.45, 7) is 1.91. The summed E-state index contributed by atoms with van der Waals surface area (Å²) >= 11 is 0. The van der Waals surface area contributed by atoms with Gasteiger partial charge in [-0.05, 0) is 36.6 Å². The number of nitrogens with one attached hydrogen (secondary N) is 1. The molecule has 0 unspecified atom stereocenters. The fraction of sp³-hybridized carbons (Fsp3) is 0.261. The number of carbonyl (C=O) groups excluding carboxylic acids is 1. The maximum Gasteiger partial charge on any atom is 0.321 e. The molecule has 2 amide bonds. The Morgan fingerprint density at radius 3 is 2.66 bits per heavy atom. The fourth-order valence-corrected chi connectivity index (χ4v) is 4.67. The molecule has 2 bridgehead atoms. The number of anilines is 1. The number of aromatic nitrogens is 2. The molecule has 0 aliphatic carbocycles. The van der Waals surface area contributed by atoms with Crippen LogP contribution in [0.5, 0.6) is 0 Å². The second kappa shape index (κ2) is 7.20. The number of amides is 2. The van der Waals surface area contributed by atoms with Crippen molar-refractivity contribution in [2.24, 2.45) is 5.92 Å². The lowest BCUT2D eigenvalue weighted by atomic mass is 9.81. The van der Waals surface area contributed by atoms with Gasteiger partial charge in [0, 0.05) is 66.5 Å². The van der Waals surface area contributed by atoms with Crippen molar-refractivity contribution < 1.29 is 4.79 Å². The largest absolute Gasteiger partial charge is 0.324 e. The van der Waals surface area contributed by atoms with Crippen LogP contribution in [0.3, 0.4) is 0 Å². The number of nitrogens with zero attached hydrogens (tertiary/aromatic N) is 3. The Bertz CT molecular complexity index is 1090. The van der Waals surface area contributed by atoms with Crippen molar-refractivity contribution in [3.8, 4) is 11.1 Å². The Hall–Kier alpha value is -3.41. The molecular weight excluding hydrogens is 364 g/mol. The van der Waals surface area contributed by atoms with Gasteiger partial charge in [-0.25, -0.2) is 4.79 Å². The van der Waals surface area contributed by atoms with E-state index in [-0.39, 0.29) is 23.4 Å². The summed E-state index contributed by atoms with van der Waals surface area (Å²) in [5.74, 6) is 0.415. The summed E-state index contributed by atoms with van der Waals surface area (Å²) < 4.78 is 1.91. The number of benzene rings is 1. The molecule has 29 heavy (non-hydrogen) atoms. The minimum Gasteiger partial charge on any atom is -0.324 e. The van der Waals surface area contributed by atoms with Crippen molar-refractivity contribution in [2.75, 3.05) is 18.4 Å². The molecule has 1 fully saturated rings. The Morgan fingerprint density at radius 2 is 1.86 bits per heavy atom. The quantitative estimate of drug-likeness (QED) is 0.732. The third kappa shape index (κ3) is 3.31. The highest BCUT2D eigenvalue weighted by Crippen LogP contribution is 2.39. The SMILES string of the molecule is O=C(Nc1ccccc1)N1C[C@@H]2C[C@H](C1)c1c(-c3cccnc3)ccc(=O)n1C2. The summed E-state index contributed by atoms with van der Waals surface area (Å²) in [7, 11) is 0. The smallest absolute Gasteiger partial charge is 0.321 e. The van der Waals surface area contributed by atoms with Crippen LogP contribution in [0.2, 0.25) is 0 Å². The van der Waals surface area contributed by atoms with Crippen molar-refractivity contribution in [3.63, 3.8) is 0 Å². The molecule has 0 saturated carbocycles. The number of pyridine rings is 2. The van der Waals surface area contributed by atoms with Crippen molar-refractivity contribution in [1.82, 2.24) is 14.5 Å². The van der Waals surface area contributed by atoms with Gasteiger partial charge in [0.05, 0.1) is 0 Å². The van der Waals surface area contributed by atoms with Gasteiger partial charge in [0.1, 0.15) is 0 Å². The number of urea groups is 1. The van der Waals surface area contributed by atoms with E-state index in [2.05, 4.69) is 10.3 Å². The molecule has 4 heterocycles. The number of fused-ring (bicyclic) bond motifs is 4. The van der Waals surface area contributed by atoms with E-state index >= 15 is 0 Å². The van der Waals surface area contributed by atoms with E-state index in [1.165, 1.54) is 0 Å². The first kappa shape index (κ1) is 17.7. The van der Waals surface area contributed by atoms with Crippen LogP contribution >= 0.6 is 0 Å². The minimum absolute atomic E-state index is 0.0320. The summed E-state index contributed by atoms with van der Waals surface area (Å²) in [5, 5.41) is 2.99. The maximum absolute atomic E-state index is 12.9. The molecule has 2 aliphatic rings. The third-order valence-corrected chi connectivity index (χ3v) is 5.87. The molecule has 5 rings (SSSR count). The molecule has 2 aliphatic heterocycles. The zero-order valence-electron chi connectivity index (χ0n) is 16.0. The van der Waals surface area contributed by atoms with Crippen molar-refractivity contribution in [2.45, 2.75) is 18.9 Å². The van der Waals surface area contributed by atoms with E-state index in [0.717, 1.165) is 28.9 Å². The number of piperidine rings is 1. The number of para-hydroxylation sites is 1. The highest BCUT2D eigenvalue weighted by Gasteiger charge is 2.37. The Kier molecular flexibility index (Phi) is 4.39. The average molecular weight is 386 g/mol. The number of hydrogen-bond donors (Lipinski definition) is 1. The molecule has 2 aromatic heterocycles. The van der Waals surface area contributed by atoms with E-state index in [0.29, 0.717) is 19.6 Å². The van der Waals surface area contributed by atoms with Crippen molar-refractivity contribution >= 4 is 11.7 Å². The van der Waals surface area contributed by atoms with Gasteiger partial charge >= 0.3 is 6.03 Å². The van der Waals surface area contributed by atoms with E-state index in [4.69, 9.17) is 0 Å². The van der Waals surface area contributed by atoms with Crippen LogP contribution < -0.4 is 10.9 Å². The predicted octanol–water partition coefficient (Wildman–Crippen LogP) is 3.56. The minimum atomic E-state index is -0.0828. The van der Waals surface area contributed by atoms with Gasteiger partial charge in [0.2, 0.25) is 0 Å². The summed E-state index contributed by atoms with van der Waals surface area (Å²) in [5.41, 5.74) is 3.89. The molecule has 0 radical (unpaired) electrons. The van der Waals surface area contributed by atoms with Gasteiger partial charge < -0.3 is 14.8 Å². The van der Waals surface area contributed by atoms with E-state index in [9.17, 15) is 9.59 Å². The van der Waals surface area contributed by atoms with Gasteiger partial charge in [-0.1, -0.05) is 24.3 Å². The summed E-state index contributed by atoms with van der Waals surface area (Å²) in [6, 6.07) is 16.9. The molecule has 1 aromatic carbocycles. The van der Waals surface area contributed by atoms with E-state index in [1.54, 1.807) is 12.3 Å². The van der Waals surface area contributed by atoms with Crippen LogP contribution in [0.25, 0.3) is 11.1 Å². The van der Waals surface area contributed by atoms with Crippen molar-refractivity contribution in [1.29, 1.82) is 0 Å². The first-order chi connectivity index (χ1) is 14.2. The topological polar surface area (TPSA) is 67.2 Å². The lowest BCUT2D eigenvalue weighted by molar-refractivity contribution is 0.140. The van der Waals surface area contributed by atoms with Crippen LogP contribution in [0, 0.1) is 5.92 Å². The normalized spacial score (nSPS) is 20.1. The van der Waals surface area contributed by atoms with Gasteiger partial charge in [-0.3, -0.25) is 9.78 Å². The standard InChI is InChI=1S/C23H22N4O2/c28-21-9-8-20(17-5-4-10-24-12-17)22-18-11-16(14-27(21)22)13-26(15-18)23(29)25-19-6-2-1-3-7-19/h1-10,12,16,18H,11,13-15H2,(H,25,29)/t16-,18+/m0/s1. The molecule has 146 valence electrons. The molecule has 0 spiro atoms. The molecule has 1 saturated heterocycles. The molecule has 6 heteroatoms. The summed E-state index contributed by atoms with van der Waals surface area (Å²) in [4.78, 5) is 31.6. The number of rotatable bonds is 2. The number of hydrogen-bond acceptors (Lipinski definition) is 3. The van der Waals surface area contributed by atoms with Crippen LogP contribution in [0.1, 0.15) is 18.0 Å². The van der Waals surface area contributed by atoms with Gasteiger partial charge in [0.15, 0.2) is 0 Å². The highest BCUT2D eigenvalue weighted by atomic mass is 16.2. The first-order valence-electron chi connectivity index (χ1n) is 9.94. The predicted molar refractivity (Wildman–Crippen MR) is 112 cm³/mol. The monoisotopic (exact) mass is 386 g/mol. The lowest BCUT2D eigenvalue weighted by Crippen LogP contribution is -2.50.